The number of carbonyl (C=O) groups is 1. The quantitative estimate of drug-likeness (QED) is 0.439. The number of allylic oxidation sites excluding steroid dienone is 1. The van der Waals surface area contributed by atoms with Crippen molar-refractivity contribution in [1.82, 2.24) is 9.55 Å². The first-order chi connectivity index (χ1) is 9.47. The van der Waals surface area contributed by atoms with Crippen LogP contribution in [0.5, 0.6) is 0 Å². The second-order valence-electron chi connectivity index (χ2n) is 3.82. The lowest BCUT2D eigenvalue weighted by Crippen LogP contribution is -2.10. The number of carbonyl (C=O) groups excluding carboxylic acids is 1. The highest BCUT2D eigenvalue weighted by atomic mass is 32.2. The summed E-state index contributed by atoms with van der Waals surface area (Å²) in [5.74, 6) is -1.42. The van der Waals surface area contributed by atoms with E-state index < -0.39 is 17.9 Å². The molecule has 0 radical (unpaired) electrons. The van der Waals surface area contributed by atoms with Gasteiger partial charge in [0, 0.05) is 19.2 Å². The summed E-state index contributed by atoms with van der Waals surface area (Å²) in [5.41, 5.74) is 0.315. The van der Waals surface area contributed by atoms with Crippen LogP contribution in [0.3, 0.4) is 0 Å². The van der Waals surface area contributed by atoms with Gasteiger partial charge in [0.05, 0.1) is 12.8 Å². The molecule has 0 saturated heterocycles. The molecule has 0 aliphatic rings. The molecule has 0 aliphatic heterocycles. The van der Waals surface area contributed by atoms with Gasteiger partial charge in [-0.2, -0.15) is 8.78 Å². The molecule has 0 aromatic carbocycles. The largest absolute Gasteiger partial charge is 0.461 e. The van der Waals surface area contributed by atoms with Gasteiger partial charge in [0.15, 0.2) is 11.0 Å². The summed E-state index contributed by atoms with van der Waals surface area (Å²) in [6.45, 7) is 1.98. The van der Waals surface area contributed by atoms with Crippen LogP contribution in [0.25, 0.3) is 0 Å². The normalized spacial score (nSPS) is 10.4. The van der Waals surface area contributed by atoms with Crippen molar-refractivity contribution < 1.29 is 22.7 Å². The molecule has 1 heterocycles. The number of hydrogen-bond acceptors (Lipinski definition) is 4. The lowest BCUT2D eigenvalue weighted by molar-refractivity contribution is 0.0514. The van der Waals surface area contributed by atoms with E-state index in [1.807, 2.05) is 0 Å². The molecule has 0 aliphatic carbocycles. The number of rotatable bonds is 7. The van der Waals surface area contributed by atoms with E-state index in [0.717, 1.165) is 0 Å². The van der Waals surface area contributed by atoms with Gasteiger partial charge >= 0.3 is 12.0 Å². The van der Waals surface area contributed by atoms with Gasteiger partial charge in [0.2, 0.25) is 0 Å². The van der Waals surface area contributed by atoms with Crippen LogP contribution in [0, 0.1) is 0 Å². The molecular weight excluding hydrogens is 293 g/mol. The number of ether oxygens (including phenoxy) is 1. The molecule has 1 aromatic rings. The summed E-state index contributed by atoms with van der Waals surface area (Å²) in [6.07, 6.45) is -0.918. The predicted molar refractivity (Wildman–Crippen MR) is 69.5 cm³/mol. The van der Waals surface area contributed by atoms with Crippen LogP contribution >= 0.6 is 11.8 Å². The highest BCUT2D eigenvalue weighted by Gasteiger charge is 2.15. The Morgan fingerprint density at radius 2 is 2.15 bits per heavy atom. The Hall–Kier alpha value is -1.44. The zero-order valence-electron chi connectivity index (χ0n) is 11.2. The Kier molecular flexibility index (Phi) is 6.63. The standard InChI is InChI=1S/C12H15F3N2O2S/c1-3-19-11(18)9-7-16-12(17(9)2)20-6-4-5-8(13)10(14)15/h7H,3-6H2,1-2H3. The Bertz CT molecular complexity index is 499. The Labute approximate surface area is 119 Å². The number of hydrogen-bond donors (Lipinski definition) is 0. The van der Waals surface area contributed by atoms with Crippen LogP contribution in [0.1, 0.15) is 30.3 Å². The van der Waals surface area contributed by atoms with Gasteiger partial charge in [0.25, 0.3) is 0 Å². The zero-order valence-corrected chi connectivity index (χ0v) is 12.0. The summed E-state index contributed by atoms with van der Waals surface area (Å²) < 4.78 is 42.7. The molecule has 1 rings (SSSR count). The van der Waals surface area contributed by atoms with Crippen molar-refractivity contribution >= 4 is 17.7 Å². The first kappa shape index (κ1) is 16.6. The van der Waals surface area contributed by atoms with E-state index in [1.54, 1.807) is 18.5 Å². The highest BCUT2D eigenvalue weighted by Crippen LogP contribution is 2.21. The number of nitrogens with zero attached hydrogens (tertiary/aromatic N) is 2. The Morgan fingerprint density at radius 1 is 1.45 bits per heavy atom. The summed E-state index contributed by atoms with van der Waals surface area (Å²) >= 11 is 1.27. The van der Waals surface area contributed by atoms with Crippen molar-refractivity contribution in [2.45, 2.75) is 24.9 Å². The van der Waals surface area contributed by atoms with Crippen molar-refractivity contribution in [2.75, 3.05) is 12.4 Å². The van der Waals surface area contributed by atoms with E-state index in [1.165, 1.54) is 18.0 Å². The summed E-state index contributed by atoms with van der Waals surface area (Å²) in [6, 6.07) is 0. The smallest absolute Gasteiger partial charge is 0.356 e. The first-order valence-corrected chi connectivity index (χ1v) is 6.97. The minimum atomic E-state index is -2.27. The Morgan fingerprint density at radius 3 is 2.75 bits per heavy atom. The molecule has 8 heteroatoms. The maximum Gasteiger partial charge on any atom is 0.356 e. The lowest BCUT2D eigenvalue weighted by Gasteiger charge is -2.05. The minimum absolute atomic E-state index is 0.259. The van der Waals surface area contributed by atoms with Crippen molar-refractivity contribution in [1.29, 1.82) is 0 Å². The topological polar surface area (TPSA) is 44.1 Å². The average molecular weight is 308 g/mol. The van der Waals surface area contributed by atoms with Gasteiger partial charge in [-0.15, -0.1) is 0 Å². The highest BCUT2D eigenvalue weighted by molar-refractivity contribution is 7.99. The lowest BCUT2D eigenvalue weighted by atomic mass is 10.3. The molecule has 112 valence electrons. The third-order valence-corrected chi connectivity index (χ3v) is 3.54. The third kappa shape index (κ3) is 4.59. The fourth-order valence-corrected chi connectivity index (χ4v) is 2.30. The Balaban J connectivity index is 2.50. The minimum Gasteiger partial charge on any atom is -0.461 e. The van der Waals surface area contributed by atoms with Crippen LogP contribution in [0.2, 0.25) is 0 Å². The van der Waals surface area contributed by atoms with Gasteiger partial charge in [-0.25, -0.2) is 14.2 Å². The zero-order chi connectivity index (χ0) is 15.1. The van der Waals surface area contributed by atoms with Gasteiger partial charge < -0.3 is 9.30 Å². The maximum atomic E-state index is 12.6. The number of halogens is 3. The fraction of sp³-hybridized carbons (Fsp3) is 0.500. The van der Waals surface area contributed by atoms with Gasteiger partial charge in [-0.05, 0) is 13.3 Å². The fourth-order valence-electron chi connectivity index (χ4n) is 1.41. The van der Waals surface area contributed by atoms with Gasteiger partial charge in [-0.3, -0.25) is 0 Å². The third-order valence-electron chi connectivity index (χ3n) is 2.41. The van der Waals surface area contributed by atoms with E-state index >= 15 is 0 Å². The van der Waals surface area contributed by atoms with Gasteiger partial charge in [-0.1, -0.05) is 11.8 Å². The maximum absolute atomic E-state index is 12.6. The molecule has 0 amide bonds. The van der Waals surface area contributed by atoms with Crippen molar-refractivity contribution in [3.63, 3.8) is 0 Å². The summed E-state index contributed by atoms with van der Waals surface area (Å²) in [4.78, 5) is 15.6. The van der Waals surface area contributed by atoms with Gasteiger partial charge in [0.1, 0.15) is 5.69 Å². The second-order valence-corrected chi connectivity index (χ2v) is 4.88. The van der Waals surface area contributed by atoms with E-state index in [-0.39, 0.29) is 19.4 Å². The van der Waals surface area contributed by atoms with Crippen LogP contribution in [0.15, 0.2) is 23.3 Å². The molecule has 4 nitrogen and oxygen atoms in total. The van der Waals surface area contributed by atoms with Crippen LogP contribution < -0.4 is 0 Å². The monoisotopic (exact) mass is 308 g/mol. The molecule has 20 heavy (non-hydrogen) atoms. The van der Waals surface area contributed by atoms with Crippen molar-refractivity contribution in [3.05, 3.63) is 23.8 Å². The summed E-state index contributed by atoms with van der Waals surface area (Å²) in [7, 11) is 1.66. The predicted octanol–water partition coefficient (Wildman–Crippen LogP) is 3.55. The molecule has 0 fully saturated rings. The second kappa shape index (κ2) is 7.98. The van der Waals surface area contributed by atoms with E-state index in [0.29, 0.717) is 16.6 Å². The van der Waals surface area contributed by atoms with Crippen LogP contribution in [0.4, 0.5) is 13.2 Å². The number of aromatic nitrogens is 2. The number of esters is 1. The first-order valence-electron chi connectivity index (χ1n) is 5.98. The van der Waals surface area contributed by atoms with E-state index in [9.17, 15) is 18.0 Å². The molecule has 0 unspecified atom stereocenters. The SMILES string of the molecule is CCOC(=O)c1cnc(SCCCC(F)=C(F)F)n1C. The molecule has 1 aromatic heterocycles. The molecule has 0 atom stereocenters. The number of imidazole rings is 1. The molecule has 0 saturated carbocycles. The van der Waals surface area contributed by atoms with Crippen LogP contribution in [-0.4, -0.2) is 27.9 Å². The van der Waals surface area contributed by atoms with E-state index in [4.69, 9.17) is 4.74 Å². The number of thioether (sulfide) groups is 1. The van der Waals surface area contributed by atoms with Crippen molar-refractivity contribution in [3.8, 4) is 0 Å². The average Bonchev–Trinajstić information content (AvgIpc) is 2.76. The summed E-state index contributed by atoms with van der Waals surface area (Å²) in [5, 5.41) is 0.554. The molecule has 0 N–H and O–H groups in total. The molecule has 0 bridgehead atoms. The van der Waals surface area contributed by atoms with Crippen LogP contribution in [-0.2, 0) is 11.8 Å². The molecular formula is C12H15F3N2O2S. The van der Waals surface area contributed by atoms with Crippen molar-refractivity contribution in [2.24, 2.45) is 7.05 Å². The molecule has 0 spiro atoms. The van der Waals surface area contributed by atoms with E-state index in [2.05, 4.69) is 4.98 Å².